The number of carbonyl (C=O) groups is 3. The van der Waals surface area contributed by atoms with Gasteiger partial charge in [0.25, 0.3) is 0 Å². The fourth-order valence-electron chi connectivity index (χ4n) is 3.34. The van der Waals surface area contributed by atoms with Crippen molar-refractivity contribution in [3.05, 3.63) is 71.3 Å². The predicted molar refractivity (Wildman–Crippen MR) is 96.4 cm³/mol. The van der Waals surface area contributed by atoms with Gasteiger partial charge in [-0.05, 0) is 24.5 Å². The first-order valence-electron chi connectivity index (χ1n) is 8.64. The molecule has 1 N–H and O–H groups in total. The summed E-state index contributed by atoms with van der Waals surface area (Å²) in [5, 5.41) is 9.59. The molecule has 0 unspecified atom stereocenters. The Labute approximate surface area is 152 Å². The maximum Gasteiger partial charge on any atom is 0.327 e. The van der Waals surface area contributed by atoms with E-state index in [0.717, 1.165) is 21.6 Å². The molecule has 1 fully saturated rings. The Balaban J connectivity index is 1.77. The van der Waals surface area contributed by atoms with Gasteiger partial charge in [-0.25, -0.2) is 4.79 Å². The van der Waals surface area contributed by atoms with Gasteiger partial charge in [0.2, 0.25) is 11.8 Å². The summed E-state index contributed by atoms with van der Waals surface area (Å²) in [5.74, 6) is -2.45. The van der Waals surface area contributed by atoms with E-state index in [4.69, 9.17) is 0 Å². The monoisotopic (exact) mass is 351 g/mol. The maximum atomic E-state index is 12.8. The molecule has 0 bridgehead atoms. The zero-order chi connectivity index (χ0) is 18.7. The Morgan fingerprint density at radius 1 is 1.08 bits per heavy atom. The predicted octanol–water partition coefficient (Wildman–Crippen LogP) is 2.61. The topological polar surface area (TPSA) is 74.7 Å². The van der Waals surface area contributed by atoms with Crippen LogP contribution in [0.25, 0.3) is 0 Å². The average Bonchev–Trinajstić information content (AvgIpc) is 2.89. The van der Waals surface area contributed by atoms with Gasteiger partial charge < -0.3 is 5.11 Å². The van der Waals surface area contributed by atoms with Crippen molar-refractivity contribution in [3.8, 4) is 0 Å². The molecular weight excluding hydrogens is 330 g/mol. The molecule has 2 aromatic rings. The highest BCUT2D eigenvalue weighted by atomic mass is 16.4. The molecule has 26 heavy (non-hydrogen) atoms. The normalized spacial score (nSPS) is 18.2. The Morgan fingerprint density at radius 2 is 1.73 bits per heavy atom. The molecule has 1 saturated heterocycles. The largest absolute Gasteiger partial charge is 0.480 e. The maximum absolute atomic E-state index is 12.8. The van der Waals surface area contributed by atoms with Crippen LogP contribution in [0, 0.1) is 12.8 Å². The van der Waals surface area contributed by atoms with Crippen molar-refractivity contribution in [1.82, 2.24) is 4.90 Å². The lowest BCUT2D eigenvalue weighted by atomic mass is 9.97. The molecule has 2 atom stereocenters. The van der Waals surface area contributed by atoms with Gasteiger partial charge in [0.1, 0.15) is 6.04 Å². The summed E-state index contributed by atoms with van der Waals surface area (Å²) >= 11 is 0. The van der Waals surface area contributed by atoms with Crippen LogP contribution in [0.5, 0.6) is 0 Å². The quantitative estimate of drug-likeness (QED) is 0.812. The lowest BCUT2D eigenvalue weighted by Gasteiger charge is -2.23. The number of carboxylic acids is 1. The highest BCUT2D eigenvalue weighted by Gasteiger charge is 2.44. The minimum Gasteiger partial charge on any atom is -0.480 e. The molecule has 0 radical (unpaired) electrons. The van der Waals surface area contributed by atoms with Crippen LogP contribution in [0.1, 0.15) is 23.1 Å². The summed E-state index contributed by atoms with van der Waals surface area (Å²) in [6, 6.07) is 15.7. The number of amides is 2. The number of likely N-dealkylation sites (tertiary alicyclic amines) is 1. The molecule has 1 heterocycles. The van der Waals surface area contributed by atoms with E-state index in [1.807, 2.05) is 49.4 Å². The van der Waals surface area contributed by atoms with Gasteiger partial charge in [-0.3, -0.25) is 14.5 Å². The summed E-state index contributed by atoms with van der Waals surface area (Å²) < 4.78 is 0. The average molecular weight is 351 g/mol. The van der Waals surface area contributed by atoms with Gasteiger partial charge in [-0.1, -0.05) is 60.2 Å². The van der Waals surface area contributed by atoms with E-state index in [9.17, 15) is 19.5 Å². The summed E-state index contributed by atoms with van der Waals surface area (Å²) in [5.41, 5.74) is 2.87. The van der Waals surface area contributed by atoms with E-state index in [0.29, 0.717) is 6.42 Å². The summed E-state index contributed by atoms with van der Waals surface area (Å²) in [6.07, 6.45) is 0.620. The lowest BCUT2D eigenvalue weighted by Crippen LogP contribution is -2.46. The molecule has 1 aliphatic heterocycles. The second-order valence-corrected chi connectivity index (χ2v) is 6.74. The van der Waals surface area contributed by atoms with Crippen molar-refractivity contribution < 1.29 is 19.5 Å². The van der Waals surface area contributed by atoms with E-state index in [2.05, 4.69) is 0 Å². The smallest absolute Gasteiger partial charge is 0.327 e. The Kier molecular flexibility index (Phi) is 5.16. The molecule has 3 rings (SSSR count). The van der Waals surface area contributed by atoms with Crippen LogP contribution in [0.2, 0.25) is 0 Å². The van der Waals surface area contributed by atoms with Gasteiger partial charge in [0.05, 0.1) is 5.92 Å². The number of hydrogen-bond donors (Lipinski definition) is 1. The zero-order valence-electron chi connectivity index (χ0n) is 14.6. The summed E-state index contributed by atoms with van der Waals surface area (Å²) in [4.78, 5) is 37.9. The third-order valence-corrected chi connectivity index (χ3v) is 4.75. The first-order valence-corrected chi connectivity index (χ1v) is 8.64. The van der Waals surface area contributed by atoms with Crippen LogP contribution in [-0.2, 0) is 27.2 Å². The number of aryl methyl sites for hydroxylation is 1. The zero-order valence-corrected chi connectivity index (χ0v) is 14.6. The van der Waals surface area contributed by atoms with Gasteiger partial charge in [-0.2, -0.15) is 0 Å². The van der Waals surface area contributed by atoms with Gasteiger partial charge in [-0.15, -0.1) is 0 Å². The second kappa shape index (κ2) is 7.52. The van der Waals surface area contributed by atoms with Crippen molar-refractivity contribution in [1.29, 1.82) is 0 Å². The van der Waals surface area contributed by atoms with Crippen LogP contribution in [0.15, 0.2) is 54.6 Å². The Hall–Kier alpha value is -2.95. The Morgan fingerprint density at radius 3 is 2.35 bits per heavy atom. The molecule has 0 spiro atoms. The Bertz CT molecular complexity index is 814. The van der Waals surface area contributed by atoms with Crippen LogP contribution in [0.3, 0.4) is 0 Å². The van der Waals surface area contributed by atoms with Crippen molar-refractivity contribution >= 4 is 17.8 Å². The van der Waals surface area contributed by atoms with Crippen LogP contribution < -0.4 is 0 Å². The molecule has 0 aromatic heterocycles. The van der Waals surface area contributed by atoms with Crippen LogP contribution in [-0.4, -0.2) is 33.8 Å². The van der Waals surface area contributed by atoms with Crippen molar-refractivity contribution in [2.24, 2.45) is 5.92 Å². The standard InChI is InChI=1S/C21H21NO4/c1-14-7-9-16(10-8-14)11-17-13-19(23)22(20(17)24)18(21(25)26)12-15-5-3-2-4-6-15/h2-10,17-18H,11-13H2,1H3,(H,25,26)/t17-,18+/m1/s1. The third-order valence-electron chi connectivity index (χ3n) is 4.75. The molecule has 2 amide bonds. The van der Waals surface area contributed by atoms with Crippen LogP contribution >= 0.6 is 0 Å². The fourth-order valence-corrected chi connectivity index (χ4v) is 3.34. The van der Waals surface area contributed by atoms with E-state index in [1.54, 1.807) is 12.1 Å². The number of carboxylic acid groups (broad SMARTS) is 1. The number of carbonyl (C=O) groups excluding carboxylic acids is 2. The van der Waals surface area contributed by atoms with Gasteiger partial charge >= 0.3 is 5.97 Å². The number of rotatable bonds is 6. The van der Waals surface area contributed by atoms with E-state index in [-0.39, 0.29) is 18.7 Å². The highest BCUT2D eigenvalue weighted by molar-refractivity contribution is 6.06. The van der Waals surface area contributed by atoms with Crippen LogP contribution in [0.4, 0.5) is 0 Å². The summed E-state index contributed by atoms with van der Waals surface area (Å²) in [7, 11) is 0. The van der Waals surface area contributed by atoms with E-state index >= 15 is 0 Å². The first-order chi connectivity index (χ1) is 12.5. The fraction of sp³-hybridized carbons (Fsp3) is 0.286. The molecule has 5 heteroatoms. The van der Waals surface area contributed by atoms with Crippen molar-refractivity contribution in [3.63, 3.8) is 0 Å². The molecular formula is C21H21NO4. The first kappa shape index (κ1) is 17.9. The van der Waals surface area contributed by atoms with Gasteiger partial charge in [0, 0.05) is 12.8 Å². The number of imide groups is 1. The molecule has 0 saturated carbocycles. The SMILES string of the molecule is Cc1ccc(C[C@@H]2CC(=O)N([C@@H](Cc3ccccc3)C(=O)O)C2=O)cc1. The molecule has 0 aliphatic carbocycles. The second-order valence-electron chi connectivity index (χ2n) is 6.74. The highest BCUT2D eigenvalue weighted by Crippen LogP contribution is 2.27. The number of nitrogens with zero attached hydrogens (tertiary/aromatic N) is 1. The van der Waals surface area contributed by atoms with Gasteiger partial charge in [0.15, 0.2) is 0 Å². The minimum absolute atomic E-state index is 0.0608. The van der Waals surface area contributed by atoms with E-state index in [1.165, 1.54) is 0 Å². The minimum atomic E-state index is -1.17. The van der Waals surface area contributed by atoms with Crippen molar-refractivity contribution in [2.75, 3.05) is 0 Å². The molecule has 1 aliphatic rings. The van der Waals surface area contributed by atoms with Crippen molar-refractivity contribution in [2.45, 2.75) is 32.2 Å². The molecule has 134 valence electrons. The lowest BCUT2D eigenvalue weighted by molar-refractivity contribution is -0.154. The number of benzene rings is 2. The third kappa shape index (κ3) is 3.82. The summed E-state index contributed by atoms with van der Waals surface area (Å²) in [6.45, 7) is 1.98. The number of hydrogen-bond acceptors (Lipinski definition) is 3. The number of aliphatic carboxylic acids is 1. The molecule has 5 nitrogen and oxygen atoms in total. The molecule has 2 aromatic carbocycles. The van der Waals surface area contributed by atoms with E-state index < -0.39 is 23.8 Å².